The number of carbonyl (C=O) groups excluding carboxylic acids is 1. The number of carboxylic acids is 1. The molecule has 0 aliphatic heterocycles. The summed E-state index contributed by atoms with van der Waals surface area (Å²) in [5.74, 6) is -3.88. The van der Waals surface area contributed by atoms with Gasteiger partial charge in [-0.3, -0.25) is 9.59 Å². The number of benzene rings is 2. The lowest BCUT2D eigenvalue weighted by Crippen LogP contribution is -2.17. The topological polar surface area (TPSA) is 67.3 Å². The Morgan fingerprint density at radius 2 is 1.96 bits per heavy atom. The predicted molar refractivity (Wildman–Crippen MR) is 103 cm³/mol. The Balaban J connectivity index is 1.71. The third kappa shape index (κ3) is 4.79. The molecule has 0 radical (unpaired) electrons. The van der Waals surface area contributed by atoms with E-state index in [0.717, 1.165) is 6.07 Å². The van der Waals surface area contributed by atoms with Gasteiger partial charge in [0.2, 0.25) is 0 Å². The summed E-state index contributed by atoms with van der Waals surface area (Å²) in [4.78, 5) is 28.2. The molecule has 4 nitrogen and oxygen atoms in total. The highest BCUT2D eigenvalue weighted by Gasteiger charge is 2.24. The van der Waals surface area contributed by atoms with E-state index in [-0.39, 0.29) is 35.0 Å². The summed E-state index contributed by atoms with van der Waals surface area (Å²) in [7, 11) is 0. The van der Waals surface area contributed by atoms with Gasteiger partial charge in [0.1, 0.15) is 22.4 Å². The SMILES string of the molecule is O=C(Cc1csc(-c2cccc(F)c2)n1)CC(C(=O)O)c1ccc(Cl)c(F)c1. The number of aliphatic carboxylic acids is 1. The first-order chi connectivity index (χ1) is 13.3. The van der Waals surface area contributed by atoms with Crippen molar-refractivity contribution in [2.24, 2.45) is 0 Å². The first kappa shape index (κ1) is 20.1. The Morgan fingerprint density at radius 3 is 2.64 bits per heavy atom. The van der Waals surface area contributed by atoms with Crippen molar-refractivity contribution in [3.05, 3.63) is 75.8 Å². The van der Waals surface area contributed by atoms with E-state index in [1.807, 2.05) is 0 Å². The van der Waals surface area contributed by atoms with Crippen LogP contribution in [0.25, 0.3) is 10.6 Å². The van der Waals surface area contributed by atoms with Crippen LogP contribution in [0, 0.1) is 11.6 Å². The number of Topliss-reactive ketones (excluding diaryl/α,β-unsaturated/α-hetero) is 1. The fraction of sp³-hybridized carbons (Fsp3) is 0.150. The molecule has 0 saturated carbocycles. The van der Waals surface area contributed by atoms with Crippen LogP contribution in [-0.4, -0.2) is 21.8 Å². The second kappa shape index (κ2) is 8.58. The fourth-order valence-electron chi connectivity index (χ4n) is 2.72. The fourth-order valence-corrected chi connectivity index (χ4v) is 3.66. The van der Waals surface area contributed by atoms with Gasteiger partial charge in [-0.05, 0) is 29.8 Å². The maximum absolute atomic E-state index is 13.6. The summed E-state index contributed by atoms with van der Waals surface area (Å²) in [5.41, 5.74) is 1.24. The lowest BCUT2D eigenvalue weighted by molar-refractivity contribution is -0.140. The third-order valence-corrected chi connectivity index (χ3v) is 5.32. The molecule has 28 heavy (non-hydrogen) atoms. The van der Waals surface area contributed by atoms with Gasteiger partial charge in [0.05, 0.1) is 16.6 Å². The Kier molecular flexibility index (Phi) is 6.16. The first-order valence-electron chi connectivity index (χ1n) is 8.23. The van der Waals surface area contributed by atoms with Gasteiger partial charge in [0, 0.05) is 23.8 Å². The molecule has 0 aliphatic carbocycles. The van der Waals surface area contributed by atoms with Crippen LogP contribution in [0.2, 0.25) is 5.02 Å². The molecule has 0 fully saturated rings. The maximum atomic E-state index is 13.6. The Labute approximate surface area is 168 Å². The molecule has 0 saturated heterocycles. The van der Waals surface area contributed by atoms with E-state index in [1.54, 1.807) is 17.5 Å². The van der Waals surface area contributed by atoms with Gasteiger partial charge in [0.15, 0.2) is 0 Å². The van der Waals surface area contributed by atoms with Crippen LogP contribution in [0.1, 0.15) is 23.6 Å². The van der Waals surface area contributed by atoms with E-state index in [4.69, 9.17) is 11.6 Å². The molecule has 3 aromatic rings. The molecule has 2 aromatic carbocycles. The molecule has 1 unspecified atom stereocenters. The minimum atomic E-state index is -1.23. The van der Waals surface area contributed by atoms with Gasteiger partial charge in [-0.2, -0.15) is 0 Å². The summed E-state index contributed by atoms with van der Waals surface area (Å²) >= 11 is 6.89. The molecule has 0 amide bonds. The Morgan fingerprint density at radius 1 is 1.18 bits per heavy atom. The van der Waals surface area contributed by atoms with Crippen molar-refractivity contribution in [1.29, 1.82) is 0 Å². The molecule has 0 aliphatic rings. The number of hydrogen-bond donors (Lipinski definition) is 1. The molecule has 8 heteroatoms. The highest BCUT2D eigenvalue weighted by Crippen LogP contribution is 2.27. The van der Waals surface area contributed by atoms with E-state index in [0.29, 0.717) is 16.3 Å². The molecule has 1 N–H and O–H groups in total. The first-order valence-corrected chi connectivity index (χ1v) is 9.49. The number of ketones is 1. The van der Waals surface area contributed by atoms with Crippen LogP contribution >= 0.6 is 22.9 Å². The number of carboxylic acid groups (broad SMARTS) is 1. The average Bonchev–Trinajstić information content (AvgIpc) is 3.10. The maximum Gasteiger partial charge on any atom is 0.311 e. The van der Waals surface area contributed by atoms with Crippen LogP contribution in [0.5, 0.6) is 0 Å². The average molecular weight is 422 g/mol. The molecule has 0 bridgehead atoms. The molecule has 144 valence electrons. The Bertz CT molecular complexity index is 1040. The number of halogens is 3. The molecule has 3 rings (SSSR count). The van der Waals surface area contributed by atoms with E-state index >= 15 is 0 Å². The van der Waals surface area contributed by atoms with Crippen molar-refractivity contribution in [2.75, 3.05) is 0 Å². The minimum Gasteiger partial charge on any atom is -0.481 e. The van der Waals surface area contributed by atoms with Gasteiger partial charge in [0.25, 0.3) is 0 Å². The van der Waals surface area contributed by atoms with E-state index in [2.05, 4.69) is 4.98 Å². The number of thiazole rings is 1. The van der Waals surface area contributed by atoms with Crippen LogP contribution < -0.4 is 0 Å². The van der Waals surface area contributed by atoms with Gasteiger partial charge >= 0.3 is 5.97 Å². The molecule has 1 heterocycles. The van der Waals surface area contributed by atoms with Crippen LogP contribution in [-0.2, 0) is 16.0 Å². The smallest absolute Gasteiger partial charge is 0.311 e. The summed E-state index contributed by atoms with van der Waals surface area (Å²) in [6, 6.07) is 9.63. The van der Waals surface area contributed by atoms with E-state index < -0.39 is 17.7 Å². The van der Waals surface area contributed by atoms with Crippen molar-refractivity contribution in [3.8, 4) is 10.6 Å². The van der Waals surface area contributed by atoms with Crippen molar-refractivity contribution in [3.63, 3.8) is 0 Å². The number of carbonyl (C=O) groups is 2. The summed E-state index contributed by atoms with van der Waals surface area (Å²) < 4.78 is 27.0. The van der Waals surface area contributed by atoms with Gasteiger partial charge in [-0.1, -0.05) is 29.8 Å². The zero-order chi connectivity index (χ0) is 20.3. The van der Waals surface area contributed by atoms with Crippen molar-refractivity contribution >= 4 is 34.7 Å². The second-order valence-electron chi connectivity index (χ2n) is 6.14. The number of rotatable bonds is 7. The largest absolute Gasteiger partial charge is 0.481 e. The summed E-state index contributed by atoms with van der Waals surface area (Å²) in [6.07, 6.45) is -0.366. The van der Waals surface area contributed by atoms with Crippen molar-refractivity contribution in [2.45, 2.75) is 18.8 Å². The number of nitrogens with zero attached hydrogens (tertiary/aromatic N) is 1. The summed E-state index contributed by atoms with van der Waals surface area (Å²) in [5, 5.41) is 11.5. The van der Waals surface area contributed by atoms with Crippen molar-refractivity contribution in [1.82, 2.24) is 4.98 Å². The van der Waals surface area contributed by atoms with Crippen LogP contribution in [0.15, 0.2) is 47.8 Å². The van der Waals surface area contributed by atoms with Gasteiger partial charge in [-0.15, -0.1) is 11.3 Å². The number of hydrogen-bond acceptors (Lipinski definition) is 4. The lowest BCUT2D eigenvalue weighted by Gasteiger charge is -2.12. The Hall–Kier alpha value is -2.64. The molecular weight excluding hydrogens is 408 g/mol. The predicted octanol–water partition coefficient (Wildman–Crippen LogP) is 5.11. The molecular formula is C20H14ClF2NO3S. The molecule has 1 atom stereocenters. The molecule has 1 aromatic heterocycles. The molecule has 0 spiro atoms. The lowest BCUT2D eigenvalue weighted by atomic mass is 9.92. The second-order valence-corrected chi connectivity index (χ2v) is 7.40. The van der Waals surface area contributed by atoms with Crippen molar-refractivity contribution < 1.29 is 23.5 Å². The quantitative estimate of drug-likeness (QED) is 0.575. The number of aromatic nitrogens is 1. The minimum absolute atomic E-state index is 0.0638. The third-order valence-electron chi connectivity index (χ3n) is 4.08. The summed E-state index contributed by atoms with van der Waals surface area (Å²) in [6.45, 7) is 0. The highest BCUT2D eigenvalue weighted by molar-refractivity contribution is 7.13. The van der Waals surface area contributed by atoms with Gasteiger partial charge < -0.3 is 5.11 Å². The van der Waals surface area contributed by atoms with Crippen LogP contribution in [0.3, 0.4) is 0 Å². The standard InChI is InChI=1S/C20H14ClF2NO3S/c21-17-5-4-11(7-18(17)23)16(20(26)27)9-15(25)8-14-10-28-19(24-14)12-2-1-3-13(22)6-12/h1-7,10,16H,8-9H2,(H,26,27). The van der Waals surface area contributed by atoms with E-state index in [1.165, 1.54) is 35.6 Å². The van der Waals surface area contributed by atoms with Crippen LogP contribution in [0.4, 0.5) is 8.78 Å². The van der Waals surface area contributed by atoms with Gasteiger partial charge in [-0.25, -0.2) is 13.8 Å². The van der Waals surface area contributed by atoms with E-state index in [9.17, 15) is 23.5 Å². The zero-order valence-electron chi connectivity index (χ0n) is 14.4. The monoisotopic (exact) mass is 421 g/mol. The zero-order valence-corrected chi connectivity index (χ0v) is 15.9. The highest BCUT2D eigenvalue weighted by atomic mass is 35.5. The normalized spacial score (nSPS) is 12.0.